The van der Waals surface area contributed by atoms with Gasteiger partial charge in [-0.2, -0.15) is 0 Å². The number of halogens is 1. The Kier molecular flexibility index (Phi) is 5.63. The molecule has 0 spiro atoms. The topological polar surface area (TPSA) is 64.4 Å². The lowest BCUT2D eigenvalue weighted by molar-refractivity contribution is -0.385. The Morgan fingerprint density at radius 1 is 1.53 bits per heavy atom. The van der Waals surface area contributed by atoms with E-state index >= 15 is 0 Å². The van der Waals surface area contributed by atoms with E-state index in [0.717, 1.165) is 10.1 Å². The Labute approximate surface area is 114 Å². The molecule has 0 aromatic heterocycles. The zero-order chi connectivity index (χ0) is 12.8. The van der Waals surface area contributed by atoms with E-state index in [1.807, 2.05) is 22.6 Å². The quantitative estimate of drug-likeness (QED) is 0.371. The predicted molar refractivity (Wildman–Crippen MR) is 74.4 cm³/mol. The number of nitro benzene ring substituents is 1. The maximum Gasteiger partial charge on any atom is 0.270 e. The highest BCUT2D eigenvalue weighted by Gasteiger charge is 2.09. The van der Waals surface area contributed by atoms with Crippen molar-refractivity contribution in [2.45, 2.75) is 19.9 Å². The number of benzene rings is 1. The first kappa shape index (κ1) is 14.2. The molecule has 6 heteroatoms. The van der Waals surface area contributed by atoms with Crippen LogP contribution in [0.1, 0.15) is 13.8 Å². The van der Waals surface area contributed by atoms with Gasteiger partial charge in [0.15, 0.2) is 0 Å². The standard InChI is InChI=1S/C11H15IN2O3/c1-8(2)13-5-6-17-11-4-3-9(14(15)16)7-10(11)12/h3-4,7-8,13H,5-6H2,1-2H3. The largest absolute Gasteiger partial charge is 0.491 e. The monoisotopic (exact) mass is 350 g/mol. The van der Waals surface area contributed by atoms with Gasteiger partial charge in [-0.3, -0.25) is 10.1 Å². The fraction of sp³-hybridized carbons (Fsp3) is 0.455. The van der Waals surface area contributed by atoms with Crippen LogP contribution in [0.25, 0.3) is 0 Å². The van der Waals surface area contributed by atoms with Crippen LogP contribution < -0.4 is 10.1 Å². The lowest BCUT2D eigenvalue weighted by atomic mass is 10.3. The van der Waals surface area contributed by atoms with Gasteiger partial charge in [-0.15, -0.1) is 0 Å². The van der Waals surface area contributed by atoms with E-state index < -0.39 is 4.92 Å². The smallest absolute Gasteiger partial charge is 0.270 e. The predicted octanol–water partition coefficient (Wildman–Crippen LogP) is 2.58. The van der Waals surface area contributed by atoms with Crippen molar-refractivity contribution in [1.29, 1.82) is 0 Å². The summed E-state index contributed by atoms with van der Waals surface area (Å²) in [6, 6.07) is 5.02. The molecule has 1 aromatic rings. The zero-order valence-electron chi connectivity index (χ0n) is 9.77. The summed E-state index contributed by atoms with van der Waals surface area (Å²) in [5.74, 6) is 0.682. The maximum atomic E-state index is 10.6. The minimum atomic E-state index is -0.410. The Morgan fingerprint density at radius 3 is 2.76 bits per heavy atom. The second-order valence-corrected chi connectivity index (χ2v) is 4.99. The Morgan fingerprint density at radius 2 is 2.24 bits per heavy atom. The molecular weight excluding hydrogens is 335 g/mol. The highest BCUT2D eigenvalue weighted by atomic mass is 127. The lowest BCUT2D eigenvalue weighted by Crippen LogP contribution is -2.27. The van der Waals surface area contributed by atoms with E-state index in [0.29, 0.717) is 18.4 Å². The molecule has 0 amide bonds. The zero-order valence-corrected chi connectivity index (χ0v) is 11.9. The van der Waals surface area contributed by atoms with Crippen molar-refractivity contribution < 1.29 is 9.66 Å². The highest BCUT2D eigenvalue weighted by Crippen LogP contribution is 2.25. The molecule has 5 nitrogen and oxygen atoms in total. The molecule has 0 heterocycles. The van der Waals surface area contributed by atoms with Gasteiger partial charge in [0.1, 0.15) is 12.4 Å². The van der Waals surface area contributed by atoms with Crippen LogP contribution in [0, 0.1) is 13.7 Å². The molecule has 0 aliphatic carbocycles. The fourth-order valence-corrected chi connectivity index (χ4v) is 1.88. The van der Waals surface area contributed by atoms with Gasteiger partial charge < -0.3 is 10.1 Å². The lowest BCUT2D eigenvalue weighted by Gasteiger charge is -2.10. The van der Waals surface area contributed by atoms with Gasteiger partial charge in [-0.05, 0) is 28.7 Å². The van der Waals surface area contributed by atoms with Gasteiger partial charge in [0, 0.05) is 24.7 Å². The summed E-state index contributed by atoms with van der Waals surface area (Å²) in [7, 11) is 0. The van der Waals surface area contributed by atoms with Crippen LogP contribution in [0.2, 0.25) is 0 Å². The van der Waals surface area contributed by atoms with Crippen LogP contribution in [0.4, 0.5) is 5.69 Å². The van der Waals surface area contributed by atoms with Crippen molar-refractivity contribution in [1.82, 2.24) is 5.32 Å². The van der Waals surface area contributed by atoms with Crippen LogP contribution in [0.15, 0.2) is 18.2 Å². The van der Waals surface area contributed by atoms with Crippen LogP contribution in [-0.2, 0) is 0 Å². The van der Waals surface area contributed by atoms with Gasteiger partial charge in [0.05, 0.1) is 8.49 Å². The Hall–Kier alpha value is -0.890. The first-order valence-corrected chi connectivity index (χ1v) is 6.38. The summed E-state index contributed by atoms with van der Waals surface area (Å²) < 4.78 is 6.28. The van der Waals surface area contributed by atoms with Crippen molar-refractivity contribution in [2.75, 3.05) is 13.2 Å². The molecule has 0 aliphatic rings. The van der Waals surface area contributed by atoms with E-state index in [1.54, 1.807) is 6.07 Å². The molecule has 0 aliphatic heterocycles. The van der Waals surface area contributed by atoms with E-state index in [1.165, 1.54) is 12.1 Å². The van der Waals surface area contributed by atoms with E-state index in [2.05, 4.69) is 19.2 Å². The SMILES string of the molecule is CC(C)NCCOc1ccc([N+](=O)[O-])cc1I. The third-order valence-corrected chi connectivity index (χ3v) is 2.88. The first-order chi connectivity index (χ1) is 8.00. The van der Waals surface area contributed by atoms with E-state index in [9.17, 15) is 10.1 Å². The van der Waals surface area contributed by atoms with Crippen LogP contribution in [0.3, 0.4) is 0 Å². The van der Waals surface area contributed by atoms with Gasteiger partial charge in [0.25, 0.3) is 5.69 Å². The summed E-state index contributed by atoms with van der Waals surface area (Å²) in [4.78, 5) is 10.1. The molecule has 94 valence electrons. The molecule has 1 N–H and O–H groups in total. The molecule has 0 saturated carbocycles. The summed E-state index contributed by atoms with van der Waals surface area (Å²) in [6.07, 6.45) is 0. The number of hydrogen-bond acceptors (Lipinski definition) is 4. The fourth-order valence-electron chi connectivity index (χ4n) is 1.23. The molecule has 0 radical (unpaired) electrons. The molecule has 0 unspecified atom stereocenters. The number of nitrogens with one attached hydrogen (secondary N) is 1. The minimum Gasteiger partial charge on any atom is -0.491 e. The molecule has 1 rings (SSSR count). The average molecular weight is 350 g/mol. The maximum absolute atomic E-state index is 10.6. The van der Waals surface area contributed by atoms with Crippen molar-refractivity contribution >= 4 is 28.3 Å². The summed E-state index contributed by atoms with van der Waals surface area (Å²) in [6.45, 7) is 5.43. The third-order valence-electron chi connectivity index (χ3n) is 2.04. The van der Waals surface area contributed by atoms with Crippen molar-refractivity contribution in [3.05, 3.63) is 31.9 Å². The van der Waals surface area contributed by atoms with E-state index in [-0.39, 0.29) is 5.69 Å². The summed E-state index contributed by atoms with van der Waals surface area (Å²) in [5, 5.41) is 13.8. The van der Waals surface area contributed by atoms with Crippen molar-refractivity contribution in [2.24, 2.45) is 0 Å². The molecule has 0 fully saturated rings. The van der Waals surface area contributed by atoms with Crippen LogP contribution in [-0.4, -0.2) is 24.1 Å². The Balaban J connectivity index is 2.52. The van der Waals surface area contributed by atoms with Gasteiger partial charge >= 0.3 is 0 Å². The van der Waals surface area contributed by atoms with Gasteiger partial charge in [-0.25, -0.2) is 0 Å². The Bertz CT molecular complexity index is 396. The molecule has 17 heavy (non-hydrogen) atoms. The number of rotatable bonds is 6. The van der Waals surface area contributed by atoms with Crippen molar-refractivity contribution in [3.63, 3.8) is 0 Å². The normalized spacial score (nSPS) is 10.6. The van der Waals surface area contributed by atoms with Gasteiger partial charge in [0.2, 0.25) is 0 Å². The molecule has 0 saturated heterocycles. The highest BCUT2D eigenvalue weighted by molar-refractivity contribution is 14.1. The second kappa shape index (κ2) is 6.75. The number of nitro groups is 1. The van der Waals surface area contributed by atoms with Crippen LogP contribution in [0.5, 0.6) is 5.75 Å². The number of ether oxygens (including phenoxy) is 1. The number of non-ortho nitro benzene ring substituents is 1. The molecular formula is C11H15IN2O3. The number of hydrogen-bond donors (Lipinski definition) is 1. The third kappa shape index (κ3) is 4.86. The minimum absolute atomic E-state index is 0.0852. The molecule has 0 atom stereocenters. The van der Waals surface area contributed by atoms with E-state index in [4.69, 9.17) is 4.74 Å². The van der Waals surface area contributed by atoms with Crippen LogP contribution >= 0.6 is 22.6 Å². The van der Waals surface area contributed by atoms with Gasteiger partial charge in [-0.1, -0.05) is 13.8 Å². The molecule has 0 bridgehead atoms. The first-order valence-electron chi connectivity index (χ1n) is 5.31. The average Bonchev–Trinajstić information content (AvgIpc) is 2.25. The molecule has 1 aromatic carbocycles. The second-order valence-electron chi connectivity index (χ2n) is 3.83. The van der Waals surface area contributed by atoms with Crippen molar-refractivity contribution in [3.8, 4) is 5.75 Å². The summed E-state index contributed by atoms with van der Waals surface area (Å²) in [5.41, 5.74) is 0.0852. The summed E-state index contributed by atoms with van der Waals surface area (Å²) >= 11 is 2.03. The number of nitrogens with zero attached hydrogens (tertiary/aromatic N) is 1.